The van der Waals surface area contributed by atoms with Gasteiger partial charge in [0.1, 0.15) is 5.82 Å². The fraction of sp³-hybridized carbons (Fsp3) is 0.250. The molecule has 0 unspecified atom stereocenters. The van der Waals surface area contributed by atoms with Gasteiger partial charge < -0.3 is 14.8 Å². The lowest BCUT2D eigenvalue weighted by molar-refractivity contribution is -0.115. The van der Waals surface area contributed by atoms with Crippen molar-refractivity contribution in [3.8, 4) is 11.5 Å². The Bertz CT molecular complexity index is 689. The predicted octanol–water partition coefficient (Wildman–Crippen LogP) is 3.35. The zero-order chi connectivity index (χ0) is 16.1. The van der Waals surface area contributed by atoms with E-state index in [0.717, 1.165) is 15.7 Å². The van der Waals surface area contributed by atoms with Crippen LogP contribution >= 0.6 is 15.9 Å². The third-order valence-corrected chi connectivity index (χ3v) is 3.80. The number of aryl methyl sites for hydroxylation is 1. The van der Waals surface area contributed by atoms with Crippen LogP contribution in [0.4, 0.5) is 5.82 Å². The molecule has 0 spiro atoms. The molecular weight excluding hydrogens is 348 g/mol. The standard InChI is InChI=1S/C16H17BrN2O3/c1-10-5-4-6-15(18-10)19-16(20)8-11-7-13(21-2)14(22-3)9-12(11)17/h4-7,9H,8H2,1-3H3,(H,18,19,20). The van der Waals surface area contributed by atoms with E-state index < -0.39 is 0 Å². The van der Waals surface area contributed by atoms with E-state index in [4.69, 9.17) is 9.47 Å². The van der Waals surface area contributed by atoms with Crippen LogP contribution in [0.2, 0.25) is 0 Å². The minimum absolute atomic E-state index is 0.147. The molecule has 2 aromatic rings. The summed E-state index contributed by atoms with van der Waals surface area (Å²) in [6, 6.07) is 9.05. The predicted molar refractivity (Wildman–Crippen MR) is 88.6 cm³/mol. The van der Waals surface area contributed by atoms with E-state index >= 15 is 0 Å². The van der Waals surface area contributed by atoms with Crippen molar-refractivity contribution >= 4 is 27.7 Å². The molecule has 1 aromatic heterocycles. The normalized spacial score (nSPS) is 10.2. The summed E-state index contributed by atoms with van der Waals surface area (Å²) in [7, 11) is 3.13. The monoisotopic (exact) mass is 364 g/mol. The van der Waals surface area contributed by atoms with Crippen LogP contribution in [0.3, 0.4) is 0 Å². The number of hydrogen-bond acceptors (Lipinski definition) is 4. The summed E-state index contributed by atoms with van der Waals surface area (Å²) in [4.78, 5) is 16.4. The van der Waals surface area contributed by atoms with Crippen molar-refractivity contribution < 1.29 is 14.3 Å². The van der Waals surface area contributed by atoms with Gasteiger partial charge in [0.15, 0.2) is 11.5 Å². The van der Waals surface area contributed by atoms with Crippen LogP contribution in [0.1, 0.15) is 11.3 Å². The lowest BCUT2D eigenvalue weighted by atomic mass is 10.1. The summed E-state index contributed by atoms with van der Waals surface area (Å²) >= 11 is 3.45. The highest BCUT2D eigenvalue weighted by Gasteiger charge is 2.13. The Morgan fingerprint density at radius 1 is 1.23 bits per heavy atom. The maximum absolute atomic E-state index is 12.2. The van der Waals surface area contributed by atoms with Crippen molar-refractivity contribution in [2.75, 3.05) is 19.5 Å². The maximum Gasteiger partial charge on any atom is 0.229 e. The van der Waals surface area contributed by atoms with Crippen LogP contribution < -0.4 is 14.8 Å². The lowest BCUT2D eigenvalue weighted by Crippen LogP contribution is -2.15. The number of carbonyl (C=O) groups excluding carboxylic acids is 1. The van der Waals surface area contributed by atoms with Gasteiger partial charge in [-0.25, -0.2) is 4.98 Å². The fourth-order valence-corrected chi connectivity index (χ4v) is 2.47. The molecule has 0 radical (unpaired) electrons. The van der Waals surface area contributed by atoms with Crippen molar-refractivity contribution in [2.45, 2.75) is 13.3 Å². The van der Waals surface area contributed by atoms with E-state index in [-0.39, 0.29) is 12.3 Å². The smallest absolute Gasteiger partial charge is 0.229 e. The van der Waals surface area contributed by atoms with E-state index in [0.29, 0.717) is 17.3 Å². The molecule has 0 atom stereocenters. The highest BCUT2D eigenvalue weighted by molar-refractivity contribution is 9.10. The van der Waals surface area contributed by atoms with Crippen LogP contribution in [0, 0.1) is 6.92 Å². The molecule has 6 heteroatoms. The zero-order valence-corrected chi connectivity index (χ0v) is 14.2. The number of halogens is 1. The first kappa shape index (κ1) is 16.3. The number of pyridine rings is 1. The maximum atomic E-state index is 12.2. The number of nitrogens with one attached hydrogen (secondary N) is 1. The summed E-state index contributed by atoms with van der Waals surface area (Å²) in [5.74, 6) is 1.59. The molecule has 0 aliphatic carbocycles. The van der Waals surface area contributed by atoms with Gasteiger partial charge in [-0.3, -0.25) is 4.79 Å². The number of amides is 1. The second kappa shape index (κ2) is 7.26. The molecule has 0 saturated heterocycles. The summed E-state index contributed by atoms with van der Waals surface area (Å²) in [5, 5.41) is 2.78. The number of nitrogens with zero attached hydrogens (tertiary/aromatic N) is 1. The summed E-state index contributed by atoms with van der Waals surface area (Å²) < 4.78 is 11.3. The van der Waals surface area contributed by atoms with Crippen LogP contribution in [0.5, 0.6) is 11.5 Å². The van der Waals surface area contributed by atoms with E-state index in [1.54, 1.807) is 32.4 Å². The Morgan fingerprint density at radius 3 is 2.55 bits per heavy atom. The topological polar surface area (TPSA) is 60.5 Å². The largest absolute Gasteiger partial charge is 0.493 e. The van der Waals surface area contributed by atoms with Crippen LogP contribution in [0.15, 0.2) is 34.8 Å². The van der Waals surface area contributed by atoms with Crippen LogP contribution in [0.25, 0.3) is 0 Å². The van der Waals surface area contributed by atoms with Crippen molar-refractivity contribution in [1.82, 2.24) is 4.98 Å². The second-order valence-electron chi connectivity index (χ2n) is 4.69. The molecule has 0 bridgehead atoms. The first-order chi connectivity index (χ1) is 10.5. The molecule has 0 fully saturated rings. The molecule has 0 saturated carbocycles. The third-order valence-electron chi connectivity index (χ3n) is 3.06. The minimum atomic E-state index is -0.147. The van der Waals surface area contributed by atoms with Gasteiger partial charge in [-0.1, -0.05) is 22.0 Å². The molecular formula is C16H17BrN2O3. The average molecular weight is 365 g/mol. The van der Waals surface area contributed by atoms with Gasteiger partial charge in [-0.15, -0.1) is 0 Å². The second-order valence-corrected chi connectivity index (χ2v) is 5.54. The highest BCUT2D eigenvalue weighted by atomic mass is 79.9. The SMILES string of the molecule is COc1cc(Br)c(CC(=O)Nc2cccc(C)n2)cc1OC. The first-order valence-corrected chi connectivity index (χ1v) is 7.46. The van der Waals surface area contributed by atoms with Gasteiger partial charge in [-0.2, -0.15) is 0 Å². The van der Waals surface area contributed by atoms with Crippen molar-refractivity contribution in [2.24, 2.45) is 0 Å². The van der Waals surface area contributed by atoms with Gasteiger partial charge in [0, 0.05) is 10.2 Å². The van der Waals surface area contributed by atoms with Crippen molar-refractivity contribution in [3.05, 3.63) is 46.1 Å². The molecule has 0 aliphatic heterocycles. The van der Waals surface area contributed by atoms with E-state index in [9.17, 15) is 4.79 Å². The molecule has 5 nitrogen and oxygen atoms in total. The number of anilines is 1. The van der Waals surface area contributed by atoms with Crippen molar-refractivity contribution in [1.29, 1.82) is 0 Å². The number of benzene rings is 1. The highest BCUT2D eigenvalue weighted by Crippen LogP contribution is 2.33. The number of methoxy groups -OCH3 is 2. The Kier molecular flexibility index (Phi) is 5.38. The zero-order valence-electron chi connectivity index (χ0n) is 12.6. The van der Waals surface area contributed by atoms with Crippen LogP contribution in [-0.4, -0.2) is 25.1 Å². The van der Waals surface area contributed by atoms with Crippen LogP contribution in [-0.2, 0) is 11.2 Å². The van der Waals surface area contributed by atoms with Gasteiger partial charge in [-0.05, 0) is 36.8 Å². The number of carbonyl (C=O) groups is 1. The number of hydrogen-bond donors (Lipinski definition) is 1. The van der Waals surface area contributed by atoms with Gasteiger partial charge >= 0.3 is 0 Å². The molecule has 1 amide bonds. The molecule has 1 heterocycles. The molecule has 0 aliphatic rings. The van der Waals surface area contributed by atoms with E-state index in [1.165, 1.54) is 0 Å². The summed E-state index contributed by atoms with van der Waals surface area (Å²) in [5.41, 5.74) is 1.66. The van der Waals surface area contributed by atoms with E-state index in [2.05, 4.69) is 26.2 Å². The molecule has 2 rings (SSSR count). The number of aromatic nitrogens is 1. The number of ether oxygens (including phenoxy) is 2. The molecule has 22 heavy (non-hydrogen) atoms. The molecule has 1 aromatic carbocycles. The van der Waals surface area contributed by atoms with Gasteiger partial charge in [0.05, 0.1) is 20.6 Å². The molecule has 116 valence electrons. The van der Waals surface area contributed by atoms with Gasteiger partial charge in [0.25, 0.3) is 0 Å². The Balaban J connectivity index is 2.14. The Hall–Kier alpha value is -2.08. The Morgan fingerprint density at radius 2 is 1.91 bits per heavy atom. The van der Waals surface area contributed by atoms with Gasteiger partial charge in [0.2, 0.25) is 5.91 Å². The summed E-state index contributed by atoms with van der Waals surface area (Å²) in [6.45, 7) is 1.88. The third kappa shape index (κ3) is 3.98. The molecule has 1 N–H and O–H groups in total. The first-order valence-electron chi connectivity index (χ1n) is 6.67. The average Bonchev–Trinajstić information content (AvgIpc) is 2.48. The fourth-order valence-electron chi connectivity index (χ4n) is 2.00. The summed E-state index contributed by atoms with van der Waals surface area (Å²) in [6.07, 6.45) is 0.205. The van der Waals surface area contributed by atoms with E-state index in [1.807, 2.05) is 19.1 Å². The minimum Gasteiger partial charge on any atom is -0.493 e. The lowest BCUT2D eigenvalue weighted by Gasteiger charge is -2.12. The number of rotatable bonds is 5. The quantitative estimate of drug-likeness (QED) is 0.883. The van der Waals surface area contributed by atoms with Crippen molar-refractivity contribution in [3.63, 3.8) is 0 Å². The Labute approximate surface area is 137 Å².